The molecular formula is C14H16ClN3O3. The molecule has 0 spiro atoms. The summed E-state index contributed by atoms with van der Waals surface area (Å²) in [6.45, 7) is 3.45. The Hall–Kier alpha value is -1.66. The van der Waals surface area contributed by atoms with Gasteiger partial charge in [-0.2, -0.15) is 0 Å². The number of rotatable bonds is 2. The van der Waals surface area contributed by atoms with Gasteiger partial charge >= 0.3 is 0 Å². The summed E-state index contributed by atoms with van der Waals surface area (Å²) in [4.78, 5) is 26.9. The number of carbonyl (C=O) groups excluding carboxylic acids is 1. The molecule has 1 atom stereocenters. The molecule has 2 fully saturated rings. The Bertz CT molecular complexity index is 593. The highest BCUT2D eigenvalue weighted by atomic mass is 35.5. The van der Waals surface area contributed by atoms with Crippen molar-refractivity contribution in [3.63, 3.8) is 0 Å². The molecule has 0 aromatic heterocycles. The van der Waals surface area contributed by atoms with Gasteiger partial charge in [0.1, 0.15) is 5.02 Å². The maximum atomic E-state index is 12.5. The fraction of sp³-hybridized carbons (Fsp3) is 0.500. The van der Waals surface area contributed by atoms with Gasteiger partial charge in [-0.1, -0.05) is 11.6 Å². The average Bonchev–Trinajstić information content (AvgIpc) is 2.93. The molecule has 0 radical (unpaired) electrons. The minimum absolute atomic E-state index is 0.00496. The molecule has 1 amide bonds. The number of carbonyl (C=O) groups is 1. The molecule has 2 heterocycles. The molecule has 112 valence electrons. The number of fused-ring (bicyclic) bond motifs is 1. The van der Waals surface area contributed by atoms with Crippen LogP contribution in [0.1, 0.15) is 23.2 Å². The molecule has 7 heteroatoms. The Kier molecular flexibility index (Phi) is 3.82. The molecule has 3 rings (SSSR count). The third kappa shape index (κ3) is 2.73. The molecule has 2 saturated heterocycles. The summed E-state index contributed by atoms with van der Waals surface area (Å²) in [5.74, 6) is -0.0988. The van der Waals surface area contributed by atoms with Crippen LogP contribution >= 0.6 is 11.6 Å². The van der Waals surface area contributed by atoms with Gasteiger partial charge in [0, 0.05) is 37.3 Å². The number of hydrogen-bond donors (Lipinski definition) is 0. The normalized spacial score (nSPS) is 22.1. The van der Waals surface area contributed by atoms with Gasteiger partial charge in [0.05, 0.1) is 4.92 Å². The van der Waals surface area contributed by atoms with Crippen molar-refractivity contribution < 1.29 is 9.72 Å². The summed E-state index contributed by atoms with van der Waals surface area (Å²) in [6, 6.07) is 4.62. The van der Waals surface area contributed by atoms with E-state index in [1.165, 1.54) is 24.6 Å². The van der Waals surface area contributed by atoms with Crippen LogP contribution in [-0.4, -0.2) is 52.9 Å². The second-order valence-corrected chi connectivity index (χ2v) is 5.91. The van der Waals surface area contributed by atoms with Crippen molar-refractivity contribution in [1.82, 2.24) is 9.80 Å². The summed E-state index contributed by atoms with van der Waals surface area (Å²) in [7, 11) is 0. The zero-order valence-electron chi connectivity index (χ0n) is 11.5. The predicted molar refractivity (Wildman–Crippen MR) is 78.6 cm³/mol. The van der Waals surface area contributed by atoms with Gasteiger partial charge in [-0.15, -0.1) is 0 Å². The van der Waals surface area contributed by atoms with Gasteiger partial charge in [-0.25, -0.2) is 0 Å². The molecule has 21 heavy (non-hydrogen) atoms. The summed E-state index contributed by atoms with van der Waals surface area (Å²) < 4.78 is 0. The van der Waals surface area contributed by atoms with Crippen LogP contribution in [0.25, 0.3) is 0 Å². The number of piperazine rings is 1. The fourth-order valence-electron chi connectivity index (χ4n) is 3.15. The van der Waals surface area contributed by atoms with Crippen molar-refractivity contribution in [3.8, 4) is 0 Å². The van der Waals surface area contributed by atoms with E-state index < -0.39 is 4.92 Å². The lowest BCUT2D eigenvalue weighted by molar-refractivity contribution is -0.384. The van der Waals surface area contributed by atoms with Crippen LogP contribution < -0.4 is 0 Å². The summed E-state index contributed by atoms with van der Waals surface area (Å²) in [5.41, 5.74) is 0.242. The Morgan fingerprint density at radius 2 is 2.14 bits per heavy atom. The maximum Gasteiger partial charge on any atom is 0.287 e. The largest absolute Gasteiger partial charge is 0.336 e. The van der Waals surface area contributed by atoms with Crippen molar-refractivity contribution in [3.05, 3.63) is 38.9 Å². The molecule has 2 aliphatic heterocycles. The van der Waals surface area contributed by atoms with Gasteiger partial charge < -0.3 is 4.90 Å². The molecule has 1 aromatic carbocycles. The first-order chi connectivity index (χ1) is 10.1. The smallest absolute Gasteiger partial charge is 0.287 e. The highest BCUT2D eigenvalue weighted by Crippen LogP contribution is 2.27. The molecule has 0 saturated carbocycles. The highest BCUT2D eigenvalue weighted by Gasteiger charge is 2.33. The van der Waals surface area contributed by atoms with E-state index in [4.69, 9.17) is 11.6 Å². The van der Waals surface area contributed by atoms with Gasteiger partial charge in [0.15, 0.2) is 0 Å². The highest BCUT2D eigenvalue weighted by molar-refractivity contribution is 6.33. The van der Waals surface area contributed by atoms with Crippen LogP contribution in [0.3, 0.4) is 0 Å². The third-order valence-electron chi connectivity index (χ3n) is 4.27. The fourth-order valence-corrected chi connectivity index (χ4v) is 3.40. The lowest BCUT2D eigenvalue weighted by atomic mass is 10.1. The van der Waals surface area contributed by atoms with Gasteiger partial charge in [-0.05, 0) is 31.5 Å². The maximum absolute atomic E-state index is 12.5. The van der Waals surface area contributed by atoms with Crippen molar-refractivity contribution in [1.29, 1.82) is 0 Å². The number of amides is 1. The first kappa shape index (κ1) is 14.3. The van der Waals surface area contributed by atoms with E-state index in [0.29, 0.717) is 18.2 Å². The SMILES string of the molecule is O=C(c1ccc([N+](=O)[O-])c(Cl)c1)N1CCN2CCCC2C1. The number of halogens is 1. The zero-order chi connectivity index (χ0) is 15.0. The number of nitro groups is 1. The minimum Gasteiger partial charge on any atom is -0.336 e. The van der Waals surface area contributed by atoms with Crippen LogP contribution in [0.5, 0.6) is 0 Å². The second-order valence-electron chi connectivity index (χ2n) is 5.51. The van der Waals surface area contributed by atoms with Gasteiger partial charge in [-0.3, -0.25) is 19.8 Å². The Labute approximate surface area is 127 Å². The Morgan fingerprint density at radius 3 is 2.86 bits per heavy atom. The molecule has 0 N–H and O–H groups in total. The van der Waals surface area contributed by atoms with E-state index >= 15 is 0 Å². The van der Waals surface area contributed by atoms with Crippen molar-refractivity contribution >= 4 is 23.2 Å². The second kappa shape index (κ2) is 5.61. The third-order valence-corrected chi connectivity index (χ3v) is 4.57. The molecule has 6 nitrogen and oxygen atoms in total. The van der Waals surface area contributed by atoms with E-state index in [1.54, 1.807) is 0 Å². The monoisotopic (exact) mass is 309 g/mol. The number of hydrogen-bond acceptors (Lipinski definition) is 4. The quantitative estimate of drug-likeness (QED) is 0.620. The molecular weight excluding hydrogens is 294 g/mol. The standard InChI is InChI=1S/C14H16ClN3O3/c15-12-8-10(3-4-13(12)18(20)21)14(19)17-7-6-16-5-1-2-11(16)9-17/h3-4,8,11H,1-2,5-7,9H2. The Balaban J connectivity index is 1.76. The number of nitro benzene ring substituents is 1. The topological polar surface area (TPSA) is 66.7 Å². The van der Waals surface area contributed by atoms with E-state index in [2.05, 4.69) is 4.90 Å². The number of benzene rings is 1. The van der Waals surface area contributed by atoms with Gasteiger partial charge in [0.25, 0.3) is 11.6 Å². The van der Waals surface area contributed by atoms with Crippen molar-refractivity contribution in [2.24, 2.45) is 0 Å². The molecule has 2 aliphatic rings. The number of nitrogens with zero attached hydrogens (tertiary/aromatic N) is 3. The van der Waals surface area contributed by atoms with E-state index in [-0.39, 0.29) is 16.6 Å². The van der Waals surface area contributed by atoms with Gasteiger partial charge in [0.2, 0.25) is 0 Å². The molecule has 0 aliphatic carbocycles. The summed E-state index contributed by atoms with van der Waals surface area (Å²) in [6.07, 6.45) is 2.32. The van der Waals surface area contributed by atoms with Crippen LogP contribution in [0, 0.1) is 10.1 Å². The van der Waals surface area contributed by atoms with Crippen LogP contribution in [0.15, 0.2) is 18.2 Å². The minimum atomic E-state index is -0.548. The molecule has 0 bridgehead atoms. The summed E-state index contributed by atoms with van der Waals surface area (Å²) >= 11 is 5.88. The first-order valence-corrected chi connectivity index (χ1v) is 7.41. The summed E-state index contributed by atoms with van der Waals surface area (Å²) in [5, 5.41) is 10.8. The Morgan fingerprint density at radius 1 is 1.33 bits per heavy atom. The van der Waals surface area contributed by atoms with E-state index in [9.17, 15) is 14.9 Å². The molecule has 1 unspecified atom stereocenters. The molecule has 1 aromatic rings. The van der Waals surface area contributed by atoms with Crippen molar-refractivity contribution in [2.45, 2.75) is 18.9 Å². The van der Waals surface area contributed by atoms with E-state index in [0.717, 1.165) is 26.1 Å². The van der Waals surface area contributed by atoms with Crippen LogP contribution in [0.2, 0.25) is 5.02 Å². The lowest BCUT2D eigenvalue weighted by Crippen LogP contribution is -2.52. The van der Waals surface area contributed by atoms with Crippen LogP contribution in [0.4, 0.5) is 5.69 Å². The predicted octanol–water partition coefficient (Wildman–Crippen LogP) is 2.17. The average molecular weight is 310 g/mol. The van der Waals surface area contributed by atoms with Crippen LogP contribution in [-0.2, 0) is 0 Å². The zero-order valence-corrected chi connectivity index (χ0v) is 12.3. The lowest BCUT2D eigenvalue weighted by Gasteiger charge is -2.37. The first-order valence-electron chi connectivity index (χ1n) is 7.03. The van der Waals surface area contributed by atoms with E-state index in [1.807, 2.05) is 4.90 Å². The van der Waals surface area contributed by atoms with Crippen molar-refractivity contribution in [2.75, 3.05) is 26.2 Å².